The molecular formula is C19H15BBrN3. The Labute approximate surface area is 150 Å². The van der Waals surface area contributed by atoms with E-state index in [0.717, 1.165) is 27.0 Å². The van der Waals surface area contributed by atoms with E-state index < -0.39 is 0 Å². The summed E-state index contributed by atoms with van der Waals surface area (Å²) in [6.07, 6.45) is 0. The van der Waals surface area contributed by atoms with Gasteiger partial charge in [-0.1, -0.05) is 76.6 Å². The largest absolute Gasteiger partial charge is 0.451 e. The maximum Gasteiger partial charge on any atom is 0.451 e. The molecule has 0 amide bonds. The summed E-state index contributed by atoms with van der Waals surface area (Å²) in [6.45, 7) is -0.0905. The molecule has 4 rings (SSSR count). The second-order valence-electron chi connectivity index (χ2n) is 5.59. The molecule has 0 atom stereocenters. The first-order valence-corrected chi connectivity index (χ1v) is 8.60. The number of nitrogens with one attached hydrogen (secondary N) is 1. The predicted octanol–water partition coefficient (Wildman–Crippen LogP) is 3.62. The quantitative estimate of drug-likeness (QED) is 0.708. The monoisotopic (exact) mass is 375 g/mol. The van der Waals surface area contributed by atoms with Crippen LogP contribution in [0.5, 0.6) is 0 Å². The maximum atomic E-state index is 4.93. The number of hydrogen-bond acceptors (Lipinski definition) is 3. The zero-order chi connectivity index (χ0) is 16.4. The van der Waals surface area contributed by atoms with Crippen molar-refractivity contribution in [2.24, 2.45) is 4.90 Å². The van der Waals surface area contributed by atoms with E-state index in [9.17, 15) is 0 Å². The lowest BCUT2D eigenvalue weighted by Gasteiger charge is -2.23. The van der Waals surface area contributed by atoms with E-state index in [2.05, 4.69) is 62.7 Å². The molecule has 1 N–H and O–H groups in total. The number of hydrogen-bond donors (Lipinski definition) is 1. The SMILES string of the molecule is Brc1ccc(C2=NB(c3ccccc3)N(c3ccccc3)N2)cc1. The van der Waals surface area contributed by atoms with Gasteiger partial charge in [0, 0.05) is 15.7 Å². The van der Waals surface area contributed by atoms with Crippen molar-refractivity contribution in [1.82, 2.24) is 5.43 Å². The van der Waals surface area contributed by atoms with Crippen LogP contribution in [0.4, 0.5) is 5.69 Å². The van der Waals surface area contributed by atoms with E-state index in [1.54, 1.807) is 0 Å². The summed E-state index contributed by atoms with van der Waals surface area (Å²) in [5, 5.41) is 0. The highest BCUT2D eigenvalue weighted by Gasteiger charge is 2.33. The van der Waals surface area contributed by atoms with Crippen LogP contribution in [0.1, 0.15) is 5.56 Å². The Morgan fingerprint density at radius 1 is 0.792 bits per heavy atom. The van der Waals surface area contributed by atoms with Crippen LogP contribution >= 0.6 is 15.9 Å². The number of rotatable bonds is 3. The van der Waals surface area contributed by atoms with Gasteiger partial charge < -0.3 is 4.92 Å². The molecule has 3 nitrogen and oxygen atoms in total. The average Bonchev–Trinajstić information content (AvgIpc) is 3.09. The summed E-state index contributed by atoms with van der Waals surface area (Å²) in [5.74, 6) is 0.875. The lowest BCUT2D eigenvalue weighted by molar-refractivity contribution is 1.01. The number of benzene rings is 3. The van der Waals surface area contributed by atoms with Gasteiger partial charge in [0.15, 0.2) is 0 Å². The van der Waals surface area contributed by atoms with E-state index in [-0.39, 0.29) is 6.98 Å². The first-order valence-electron chi connectivity index (χ1n) is 7.81. The van der Waals surface area contributed by atoms with Crippen LogP contribution in [0.25, 0.3) is 0 Å². The van der Waals surface area contributed by atoms with Crippen molar-refractivity contribution >= 4 is 39.9 Å². The molecule has 5 heteroatoms. The fourth-order valence-electron chi connectivity index (χ4n) is 2.77. The Morgan fingerprint density at radius 3 is 2.08 bits per heavy atom. The molecule has 0 bridgehead atoms. The molecule has 0 aromatic heterocycles. The number of anilines is 1. The Morgan fingerprint density at radius 2 is 1.42 bits per heavy atom. The van der Waals surface area contributed by atoms with E-state index in [0.29, 0.717) is 0 Å². The van der Waals surface area contributed by atoms with E-state index >= 15 is 0 Å². The van der Waals surface area contributed by atoms with Crippen LogP contribution in [-0.4, -0.2) is 12.8 Å². The highest BCUT2D eigenvalue weighted by Crippen LogP contribution is 2.19. The molecule has 0 fully saturated rings. The molecule has 116 valence electrons. The summed E-state index contributed by atoms with van der Waals surface area (Å²) in [7, 11) is 0. The summed E-state index contributed by atoms with van der Waals surface area (Å²) in [4.78, 5) is 7.04. The molecule has 0 radical (unpaired) electrons. The molecule has 0 aliphatic carbocycles. The van der Waals surface area contributed by atoms with Gasteiger partial charge in [-0.15, -0.1) is 0 Å². The molecule has 1 aliphatic rings. The van der Waals surface area contributed by atoms with Gasteiger partial charge in [-0.25, -0.2) is 0 Å². The number of para-hydroxylation sites is 1. The molecule has 1 aliphatic heterocycles. The first kappa shape index (κ1) is 15.0. The molecule has 0 saturated carbocycles. The number of amidine groups is 1. The molecule has 0 unspecified atom stereocenters. The van der Waals surface area contributed by atoms with E-state index in [1.807, 2.05) is 48.5 Å². The van der Waals surface area contributed by atoms with E-state index in [4.69, 9.17) is 4.90 Å². The minimum absolute atomic E-state index is 0.0905. The van der Waals surface area contributed by atoms with Crippen LogP contribution in [-0.2, 0) is 0 Å². The van der Waals surface area contributed by atoms with Gasteiger partial charge >= 0.3 is 6.98 Å². The van der Waals surface area contributed by atoms with Crippen molar-refractivity contribution in [3.8, 4) is 0 Å². The molecule has 0 saturated heterocycles. The third kappa shape index (κ3) is 2.95. The van der Waals surface area contributed by atoms with Gasteiger partial charge in [0.1, 0.15) is 5.84 Å². The second-order valence-corrected chi connectivity index (χ2v) is 6.50. The van der Waals surface area contributed by atoms with E-state index in [1.165, 1.54) is 0 Å². The summed E-state index contributed by atoms with van der Waals surface area (Å²) in [5.41, 5.74) is 6.77. The highest BCUT2D eigenvalue weighted by molar-refractivity contribution is 9.10. The third-order valence-corrected chi connectivity index (χ3v) is 4.50. The van der Waals surface area contributed by atoms with Gasteiger partial charge in [0.25, 0.3) is 0 Å². The fraction of sp³-hybridized carbons (Fsp3) is 0. The van der Waals surface area contributed by atoms with Crippen molar-refractivity contribution in [3.05, 3.63) is 95.0 Å². The van der Waals surface area contributed by atoms with Crippen LogP contribution in [0.3, 0.4) is 0 Å². The van der Waals surface area contributed by atoms with Crippen LogP contribution < -0.4 is 15.8 Å². The minimum Gasteiger partial charge on any atom is -0.300 e. The normalized spacial score (nSPS) is 13.6. The summed E-state index contributed by atoms with van der Waals surface area (Å²) >= 11 is 3.48. The first-order chi connectivity index (χ1) is 11.8. The Bertz CT molecular complexity index is 851. The standard InChI is InChI=1S/C19H15BBrN3/c21-17-13-11-15(12-14-17)19-22-20(16-7-3-1-4-8-16)24(23-19)18-9-5-2-6-10-18/h1-14H,(H,22,23). The fourth-order valence-corrected chi connectivity index (χ4v) is 3.04. The zero-order valence-electron chi connectivity index (χ0n) is 12.9. The number of halogens is 1. The predicted molar refractivity (Wildman–Crippen MR) is 105 cm³/mol. The summed E-state index contributed by atoms with van der Waals surface area (Å²) in [6, 6.07) is 28.8. The third-order valence-electron chi connectivity index (χ3n) is 3.97. The van der Waals surface area contributed by atoms with Crippen molar-refractivity contribution in [3.63, 3.8) is 0 Å². The number of nitrogens with zero attached hydrogens (tertiary/aromatic N) is 2. The molecule has 24 heavy (non-hydrogen) atoms. The topological polar surface area (TPSA) is 27.6 Å². The van der Waals surface area contributed by atoms with Crippen molar-refractivity contribution in [1.29, 1.82) is 0 Å². The van der Waals surface area contributed by atoms with Gasteiger partial charge in [-0.05, 0) is 29.7 Å². The van der Waals surface area contributed by atoms with Crippen molar-refractivity contribution in [2.75, 3.05) is 4.92 Å². The van der Waals surface area contributed by atoms with Crippen LogP contribution in [0.15, 0.2) is 94.3 Å². The van der Waals surface area contributed by atoms with Crippen LogP contribution in [0, 0.1) is 0 Å². The van der Waals surface area contributed by atoms with Crippen molar-refractivity contribution < 1.29 is 0 Å². The highest BCUT2D eigenvalue weighted by atomic mass is 79.9. The van der Waals surface area contributed by atoms with Gasteiger partial charge in [0.2, 0.25) is 0 Å². The van der Waals surface area contributed by atoms with Gasteiger partial charge in [-0.3, -0.25) is 10.3 Å². The summed E-state index contributed by atoms with van der Waals surface area (Å²) < 4.78 is 1.06. The Kier molecular flexibility index (Phi) is 4.09. The molecule has 1 heterocycles. The lowest BCUT2D eigenvalue weighted by atomic mass is 9.68. The maximum absolute atomic E-state index is 4.93. The smallest absolute Gasteiger partial charge is 0.300 e. The molecule has 0 spiro atoms. The molecule has 3 aromatic carbocycles. The van der Waals surface area contributed by atoms with Crippen LogP contribution in [0.2, 0.25) is 0 Å². The Balaban J connectivity index is 1.74. The molecular weight excluding hydrogens is 361 g/mol. The number of hydrazine groups is 1. The second kappa shape index (κ2) is 6.53. The average molecular weight is 376 g/mol. The zero-order valence-corrected chi connectivity index (χ0v) is 14.5. The lowest BCUT2D eigenvalue weighted by Crippen LogP contribution is -2.50. The minimum atomic E-state index is -0.0905. The molecule has 3 aromatic rings. The van der Waals surface area contributed by atoms with Gasteiger partial charge in [-0.2, -0.15) is 0 Å². The Hall–Kier alpha value is -2.53. The van der Waals surface area contributed by atoms with Crippen molar-refractivity contribution in [2.45, 2.75) is 0 Å². The van der Waals surface area contributed by atoms with Gasteiger partial charge in [0.05, 0.1) is 0 Å².